The molecule has 0 aliphatic carbocycles. The first-order valence-corrected chi connectivity index (χ1v) is 11.6. The average molecular weight is 534 g/mol. The predicted octanol–water partition coefficient (Wildman–Crippen LogP) is 3.12. The molecule has 162 valence electrons. The van der Waals surface area contributed by atoms with Crippen molar-refractivity contribution in [3.63, 3.8) is 0 Å². The lowest BCUT2D eigenvalue weighted by molar-refractivity contribution is 0.279. The maximum Gasteiger partial charge on any atom is 0.211 e. The molecule has 2 aromatic rings. The third-order valence-corrected chi connectivity index (χ3v) is 6.41. The van der Waals surface area contributed by atoms with Crippen molar-refractivity contribution in [1.29, 1.82) is 0 Å². The fraction of sp³-hybridized carbons (Fsp3) is 0.550. The molecular formula is C20H31IN4O3S. The molecule has 0 unspecified atom stereocenters. The minimum absolute atomic E-state index is 0. The maximum atomic E-state index is 11.6. The Kier molecular flexibility index (Phi) is 8.77. The standard InChI is InChI=1S/C20H30N4O3S.HI/c1-4-21-20(22-14-16-9-11-24(12-10-16)28(3,25)26)23(2)15-18-13-17-7-5-6-8-19(17)27-18;/h5-8,13,16H,4,9-12,14-15H2,1-3H3,(H,21,22);1H. The van der Waals surface area contributed by atoms with Crippen LogP contribution in [0, 0.1) is 5.92 Å². The number of piperidine rings is 1. The van der Waals surface area contributed by atoms with Crippen molar-refractivity contribution in [2.24, 2.45) is 10.9 Å². The summed E-state index contributed by atoms with van der Waals surface area (Å²) in [6.45, 7) is 5.34. The van der Waals surface area contributed by atoms with Crippen LogP contribution in [0.5, 0.6) is 0 Å². The Morgan fingerprint density at radius 2 is 2.00 bits per heavy atom. The molecule has 7 nitrogen and oxygen atoms in total. The quantitative estimate of drug-likeness (QED) is 0.350. The van der Waals surface area contributed by atoms with Gasteiger partial charge in [-0.15, -0.1) is 24.0 Å². The van der Waals surface area contributed by atoms with Crippen LogP contribution in [0.2, 0.25) is 0 Å². The van der Waals surface area contributed by atoms with E-state index in [4.69, 9.17) is 9.41 Å². The smallest absolute Gasteiger partial charge is 0.211 e. The van der Waals surface area contributed by atoms with Gasteiger partial charge in [-0.25, -0.2) is 12.7 Å². The number of halogens is 1. The van der Waals surface area contributed by atoms with E-state index in [-0.39, 0.29) is 24.0 Å². The molecule has 1 aliphatic rings. The maximum absolute atomic E-state index is 11.6. The lowest BCUT2D eigenvalue weighted by Gasteiger charge is -2.29. The third kappa shape index (κ3) is 6.58. The summed E-state index contributed by atoms with van der Waals surface area (Å²) in [5.41, 5.74) is 0.894. The largest absolute Gasteiger partial charge is 0.459 e. The molecular weight excluding hydrogens is 503 g/mol. The van der Waals surface area contributed by atoms with Gasteiger partial charge in [-0.3, -0.25) is 4.99 Å². The molecule has 3 rings (SSSR count). The van der Waals surface area contributed by atoms with E-state index in [9.17, 15) is 8.42 Å². The molecule has 9 heteroatoms. The summed E-state index contributed by atoms with van der Waals surface area (Å²) >= 11 is 0. The van der Waals surface area contributed by atoms with E-state index >= 15 is 0 Å². The molecule has 0 amide bonds. The number of nitrogens with zero attached hydrogens (tertiary/aromatic N) is 3. The van der Waals surface area contributed by atoms with Crippen LogP contribution >= 0.6 is 24.0 Å². The topological polar surface area (TPSA) is 78.2 Å². The zero-order valence-corrected chi connectivity index (χ0v) is 20.4. The van der Waals surface area contributed by atoms with Gasteiger partial charge in [0.05, 0.1) is 12.8 Å². The van der Waals surface area contributed by atoms with Gasteiger partial charge in [0.1, 0.15) is 11.3 Å². The highest BCUT2D eigenvalue weighted by Gasteiger charge is 2.24. The number of sulfonamides is 1. The molecule has 0 radical (unpaired) electrons. The number of para-hydroxylation sites is 1. The van der Waals surface area contributed by atoms with Gasteiger partial charge in [-0.05, 0) is 37.8 Å². The zero-order chi connectivity index (χ0) is 20.1. The Hall–Kier alpha value is -1.33. The highest BCUT2D eigenvalue weighted by Crippen LogP contribution is 2.21. The fourth-order valence-electron chi connectivity index (χ4n) is 3.53. The van der Waals surface area contributed by atoms with Crippen molar-refractivity contribution in [2.75, 3.05) is 39.5 Å². The number of hydrogen-bond donors (Lipinski definition) is 1. The molecule has 2 heterocycles. The van der Waals surface area contributed by atoms with Crippen LogP contribution in [0.15, 0.2) is 39.7 Å². The molecule has 1 aromatic heterocycles. The molecule has 1 saturated heterocycles. The van der Waals surface area contributed by atoms with Crippen LogP contribution in [0.25, 0.3) is 11.0 Å². The normalized spacial score (nSPS) is 16.6. The fourth-order valence-corrected chi connectivity index (χ4v) is 4.41. The second kappa shape index (κ2) is 10.6. The van der Waals surface area contributed by atoms with Gasteiger partial charge in [0.2, 0.25) is 10.0 Å². The highest BCUT2D eigenvalue weighted by atomic mass is 127. The first kappa shape index (κ1) is 23.9. The van der Waals surface area contributed by atoms with E-state index in [1.807, 2.05) is 31.3 Å². The van der Waals surface area contributed by atoms with Gasteiger partial charge in [0.15, 0.2) is 5.96 Å². The second-order valence-electron chi connectivity index (χ2n) is 7.41. The summed E-state index contributed by atoms with van der Waals surface area (Å²) in [6.07, 6.45) is 2.98. The number of furan rings is 1. The SMILES string of the molecule is CCNC(=NCC1CCN(S(C)(=O)=O)CC1)N(C)Cc1cc2ccccc2o1.I. The van der Waals surface area contributed by atoms with Crippen LogP contribution < -0.4 is 5.32 Å². The van der Waals surface area contributed by atoms with Gasteiger partial charge >= 0.3 is 0 Å². The Morgan fingerprint density at radius 1 is 1.31 bits per heavy atom. The monoisotopic (exact) mass is 534 g/mol. The minimum atomic E-state index is -3.08. The van der Waals surface area contributed by atoms with Crippen LogP contribution in [0.1, 0.15) is 25.5 Å². The van der Waals surface area contributed by atoms with Crippen molar-refractivity contribution in [3.8, 4) is 0 Å². The van der Waals surface area contributed by atoms with Gasteiger partial charge in [-0.2, -0.15) is 0 Å². The number of rotatable bonds is 6. The van der Waals surface area contributed by atoms with E-state index in [2.05, 4.69) is 23.2 Å². The molecule has 0 bridgehead atoms. The molecule has 0 spiro atoms. The van der Waals surface area contributed by atoms with E-state index in [1.54, 1.807) is 4.31 Å². The van der Waals surface area contributed by atoms with Crippen LogP contribution in [-0.4, -0.2) is 63.1 Å². The summed E-state index contributed by atoms with van der Waals surface area (Å²) in [6, 6.07) is 10.1. The van der Waals surface area contributed by atoms with Crippen molar-refractivity contribution in [2.45, 2.75) is 26.3 Å². The third-order valence-electron chi connectivity index (χ3n) is 5.11. The predicted molar refractivity (Wildman–Crippen MR) is 128 cm³/mol. The molecule has 0 saturated carbocycles. The van der Waals surface area contributed by atoms with Gasteiger partial charge in [0, 0.05) is 38.6 Å². The Balaban J connectivity index is 0.00000300. The van der Waals surface area contributed by atoms with Crippen LogP contribution in [-0.2, 0) is 16.6 Å². The van der Waals surface area contributed by atoms with Crippen LogP contribution in [0.3, 0.4) is 0 Å². The Labute approximate surface area is 190 Å². The minimum Gasteiger partial charge on any atom is -0.459 e. The van der Waals surface area contributed by atoms with Crippen molar-refractivity contribution >= 4 is 50.9 Å². The molecule has 1 N–H and O–H groups in total. The van der Waals surface area contributed by atoms with Gasteiger partial charge < -0.3 is 14.6 Å². The van der Waals surface area contributed by atoms with E-state index < -0.39 is 10.0 Å². The van der Waals surface area contributed by atoms with E-state index in [1.165, 1.54) is 6.26 Å². The summed E-state index contributed by atoms with van der Waals surface area (Å²) in [4.78, 5) is 6.86. The van der Waals surface area contributed by atoms with Gasteiger partial charge in [-0.1, -0.05) is 18.2 Å². The Morgan fingerprint density at radius 3 is 2.62 bits per heavy atom. The Bertz CT molecular complexity index is 888. The number of hydrogen-bond acceptors (Lipinski definition) is 4. The number of aliphatic imine (C=N–C) groups is 1. The zero-order valence-electron chi connectivity index (χ0n) is 17.3. The molecule has 29 heavy (non-hydrogen) atoms. The number of guanidine groups is 1. The molecule has 1 aliphatic heterocycles. The molecule has 0 atom stereocenters. The van der Waals surface area contributed by atoms with Crippen molar-refractivity contribution in [1.82, 2.24) is 14.5 Å². The number of benzene rings is 1. The first-order chi connectivity index (χ1) is 13.4. The molecule has 1 fully saturated rings. The summed E-state index contributed by atoms with van der Waals surface area (Å²) < 4.78 is 30.8. The lowest BCUT2D eigenvalue weighted by atomic mass is 9.98. The molecule has 1 aromatic carbocycles. The van der Waals surface area contributed by atoms with Crippen LogP contribution in [0.4, 0.5) is 0 Å². The highest BCUT2D eigenvalue weighted by molar-refractivity contribution is 14.0. The number of fused-ring (bicyclic) bond motifs is 1. The number of nitrogens with one attached hydrogen (secondary N) is 1. The van der Waals surface area contributed by atoms with Crippen molar-refractivity contribution < 1.29 is 12.8 Å². The average Bonchev–Trinajstić information content (AvgIpc) is 3.07. The second-order valence-corrected chi connectivity index (χ2v) is 9.39. The van der Waals surface area contributed by atoms with Gasteiger partial charge in [0.25, 0.3) is 0 Å². The summed E-state index contributed by atoms with van der Waals surface area (Å²) in [5, 5.41) is 4.44. The van der Waals surface area contributed by atoms with E-state index in [0.717, 1.165) is 42.1 Å². The van der Waals surface area contributed by atoms with E-state index in [0.29, 0.717) is 32.1 Å². The van der Waals surface area contributed by atoms with Crippen molar-refractivity contribution in [3.05, 3.63) is 36.1 Å². The lowest BCUT2D eigenvalue weighted by Crippen LogP contribution is -2.40. The summed E-state index contributed by atoms with van der Waals surface area (Å²) in [5.74, 6) is 2.15. The first-order valence-electron chi connectivity index (χ1n) is 9.79. The summed E-state index contributed by atoms with van der Waals surface area (Å²) in [7, 11) is -1.08.